The molecule has 4 rings (SSSR count). The molecule has 9 heteroatoms. The number of rotatable bonds is 5. The number of hydrogen-bond acceptors (Lipinski definition) is 6. The van der Waals surface area contributed by atoms with Crippen LogP contribution in [0.4, 0.5) is 10.1 Å². The molecule has 0 spiro atoms. The number of benzene rings is 1. The van der Waals surface area contributed by atoms with E-state index in [0.29, 0.717) is 22.6 Å². The van der Waals surface area contributed by atoms with Crippen LogP contribution in [0.1, 0.15) is 31.1 Å². The van der Waals surface area contributed by atoms with Crippen molar-refractivity contribution in [2.45, 2.75) is 29.4 Å². The third kappa shape index (κ3) is 3.29. The van der Waals surface area contributed by atoms with E-state index in [4.69, 9.17) is 4.42 Å². The van der Waals surface area contributed by atoms with Gasteiger partial charge in [0.2, 0.25) is 5.89 Å². The van der Waals surface area contributed by atoms with E-state index < -0.39 is 15.8 Å². The van der Waals surface area contributed by atoms with E-state index in [1.165, 1.54) is 24.3 Å². The normalized spacial score (nSPS) is 15.1. The van der Waals surface area contributed by atoms with E-state index in [1.54, 1.807) is 6.07 Å². The molecule has 0 bridgehead atoms. The minimum Gasteiger partial charge on any atom is -0.420 e. The summed E-state index contributed by atoms with van der Waals surface area (Å²) in [7, 11) is -3.81. The van der Waals surface area contributed by atoms with E-state index in [-0.39, 0.29) is 9.90 Å². The predicted molar refractivity (Wildman–Crippen MR) is 91.4 cm³/mol. The molecule has 1 aliphatic carbocycles. The van der Waals surface area contributed by atoms with Crippen molar-refractivity contribution in [1.82, 2.24) is 10.2 Å². The minimum absolute atomic E-state index is 0.0927. The fourth-order valence-corrected chi connectivity index (χ4v) is 4.77. The lowest BCUT2D eigenvalue weighted by Crippen LogP contribution is -2.11. The lowest BCUT2D eigenvalue weighted by atomic mass is 9.85. The zero-order valence-electron chi connectivity index (χ0n) is 13.0. The maximum Gasteiger partial charge on any atom is 0.271 e. The zero-order valence-corrected chi connectivity index (χ0v) is 14.6. The maximum atomic E-state index is 13.2. The van der Waals surface area contributed by atoms with Gasteiger partial charge in [0.25, 0.3) is 15.9 Å². The molecule has 3 aromatic rings. The zero-order chi connectivity index (χ0) is 17.4. The van der Waals surface area contributed by atoms with Crippen LogP contribution in [-0.4, -0.2) is 18.6 Å². The third-order valence-corrected chi connectivity index (χ3v) is 6.98. The smallest absolute Gasteiger partial charge is 0.271 e. The molecule has 0 amide bonds. The van der Waals surface area contributed by atoms with Crippen molar-refractivity contribution in [2.24, 2.45) is 0 Å². The summed E-state index contributed by atoms with van der Waals surface area (Å²) in [6.45, 7) is 0. The standard InChI is InChI=1S/C16H14FN3O3S2/c17-11-5-2-6-12(9-11)20-25(21,22)14-8-7-13(24-14)16-19-18-15(23-16)10-3-1-4-10/h2,5-10,20H,1,3-4H2. The Hall–Kier alpha value is -2.26. The summed E-state index contributed by atoms with van der Waals surface area (Å²) >= 11 is 1.03. The molecule has 0 unspecified atom stereocenters. The SMILES string of the molecule is O=S(=O)(Nc1cccc(F)c1)c1ccc(-c2nnc(C3CCC3)o2)s1. The van der Waals surface area contributed by atoms with Crippen LogP contribution in [0, 0.1) is 5.82 Å². The lowest BCUT2D eigenvalue weighted by molar-refractivity contribution is 0.338. The molecule has 0 aliphatic heterocycles. The number of hydrogen-bond donors (Lipinski definition) is 1. The van der Waals surface area contributed by atoms with Crippen molar-refractivity contribution in [2.75, 3.05) is 4.72 Å². The average molecular weight is 379 g/mol. The Labute approximate surface area is 147 Å². The first-order valence-corrected chi connectivity index (χ1v) is 10.0. The first kappa shape index (κ1) is 16.2. The molecule has 1 aromatic carbocycles. The third-order valence-electron chi connectivity index (χ3n) is 4.03. The Bertz CT molecular complexity index is 1010. The van der Waals surface area contributed by atoms with Gasteiger partial charge in [-0.2, -0.15) is 0 Å². The van der Waals surface area contributed by atoms with Crippen LogP contribution in [0.2, 0.25) is 0 Å². The first-order valence-electron chi connectivity index (χ1n) is 7.73. The second-order valence-electron chi connectivity index (χ2n) is 5.81. The Morgan fingerprint density at radius 2 is 2.04 bits per heavy atom. The average Bonchev–Trinajstić information content (AvgIpc) is 3.13. The van der Waals surface area contributed by atoms with Gasteiger partial charge in [0.05, 0.1) is 10.6 Å². The molecular formula is C16H14FN3O3S2. The summed E-state index contributed by atoms with van der Waals surface area (Å²) in [5.41, 5.74) is 0.167. The first-order chi connectivity index (χ1) is 12.0. The van der Waals surface area contributed by atoms with Gasteiger partial charge < -0.3 is 4.42 Å². The van der Waals surface area contributed by atoms with Crippen LogP contribution in [0.5, 0.6) is 0 Å². The van der Waals surface area contributed by atoms with Crippen LogP contribution >= 0.6 is 11.3 Å². The number of nitrogens with zero attached hydrogens (tertiary/aromatic N) is 2. The Morgan fingerprint density at radius 1 is 1.20 bits per heavy atom. The number of anilines is 1. The molecular weight excluding hydrogens is 365 g/mol. The highest BCUT2D eigenvalue weighted by atomic mass is 32.2. The van der Waals surface area contributed by atoms with Gasteiger partial charge in [0.1, 0.15) is 10.0 Å². The van der Waals surface area contributed by atoms with Crippen molar-refractivity contribution in [3.8, 4) is 10.8 Å². The Balaban J connectivity index is 1.56. The molecule has 25 heavy (non-hydrogen) atoms. The predicted octanol–water partition coefficient (Wildman–Crippen LogP) is 4.01. The number of nitrogens with one attached hydrogen (secondary N) is 1. The van der Waals surface area contributed by atoms with Crippen molar-refractivity contribution < 1.29 is 17.2 Å². The quantitative estimate of drug-likeness (QED) is 0.724. The number of aromatic nitrogens is 2. The Morgan fingerprint density at radius 3 is 2.76 bits per heavy atom. The van der Waals surface area contributed by atoms with E-state index >= 15 is 0 Å². The monoisotopic (exact) mass is 379 g/mol. The summed E-state index contributed by atoms with van der Waals surface area (Å²) in [4.78, 5) is 0.581. The van der Waals surface area contributed by atoms with Gasteiger partial charge in [-0.3, -0.25) is 4.72 Å². The number of halogens is 1. The van der Waals surface area contributed by atoms with E-state index in [1.807, 2.05) is 0 Å². The second-order valence-corrected chi connectivity index (χ2v) is 8.80. The van der Waals surface area contributed by atoms with Gasteiger partial charge >= 0.3 is 0 Å². The largest absolute Gasteiger partial charge is 0.420 e. The summed E-state index contributed by atoms with van der Waals surface area (Å²) < 4.78 is 46.2. The molecule has 130 valence electrons. The molecule has 6 nitrogen and oxygen atoms in total. The van der Waals surface area contributed by atoms with E-state index in [0.717, 1.165) is 36.7 Å². The summed E-state index contributed by atoms with van der Waals surface area (Å²) in [5.74, 6) is 0.733. The number of thiophene rings is 1. The molecule has 2 aromatic heterocycles. The molecule has 2 heterocycles. The fourth-order valence-electron chi connectivity index (χ4n) is 2.49. The van der Waals surface area contributed by atoms with Crippen LogP contribution in [0.25, 0.3) is 10.8 Å². The van der Waals surface area contributed by atoms with Gasteiger partial charge in [-0.05, 0) is 43.2 Å². The molecule has 0 radical (unpaired) electrons. The van der Waals surface area contributed by atoms with Crippen LogP contribution in [-0.2, 0) is 10.0 Å². The van der Waals surface area contributed by atoms with Gasteiger partial charge in [-0.1, -0.05) is 12.5 Å². The summed E-state index contributed by atoms with van der Waals surface area (Å²) in [6.07, 6.45) is 3.25. The van der Waals surface area contributed by atoms with Crippen LogP contribution in [0.3, 0.4) is 0 Å². The second kappa shape index (κ2) is 6.23. The van der Waals surface area contributed by atoms with Crippen molar-refractivity contribution in [3.63, 3.8) is 0 Å². The highest BCUT2D eigenvalue weighted by molar-refractivity contribution is 7.94. The highest BCUT2D eigenvalue weighted by Crippen LogP contribution is 2.37. The maximum absolute atomic E-state index is 13.2. The van der Waals surface area contributed by atoms with Crippen molar-refractivity contribution >= 4 is 27.0 Å². The minimum atomic E-state index is -3.81. The molecule has 1 saturated carbocycles. The molecule has 0 atom stereocenters. The highest BCUT2D eigenvalue weighted by Gasteiger charge is 2.26. The van der Waals surface area contributed by atoms with E-state index in [2.05, 4.69) is 14.9 Å². The van der Waals surface area contributed by atoms with Crippen LogP contribution in [0.15, 0.2) is 45.0 Å². The topological polar surface area (TPSA) is 85.1 Å². The molecule has 1 N–H and O–H groups in total. The fraction of sp³-hybridized carbons (Fsp3) is 0.250. The van der Waals surface area contributed by atoms with Gasteiger partial charge in [-0.25, -0.2) is 12.8 Å². The Kier molecular flexibility index (Phi) is 4.04. The molecule has 0 saturated heterocycles. The lowest BCUT2D eigenvalue weighted by Gasteiger charge is -2.20. The van der Waals surface area contributed by atoms with Crippen molar-refractivity contribution in [1.29, 1.82) is 0 Å². The molecule has 1 aliphatic rings. The van der Waals surface area contributed by atoms with Crippen LogP contribution < -0.4 is 4.72 Å². The summed E-state index contributed by atoms with van der Waals surface area (Å²) in [5, 5.41) is 8.06. The number of sulfonamides is 1. The van der Waals surface area contributed by atoms with Gasteiger partial charge in [0, 0.05) is 5.92 Å². The molecule has 1 fully saturated rings. The van der Waals surface area contributed by atoms with Crippen molar-refractivity contribution in [3.05, 3.63) is 48.1 Å². The van der Waals surface area contributed by atoms with Gasteiger partial charge in [-0.15, -0.1) is 21.5 Å². The summed E-state index contributed by atoms with van der Waals surface area (Å²) in [6, 6.07) is 8.38. The van der Waals surface area contributed by atoms with E-state index in [9.17, 15) is 12.8 Å². The van der Waals surface area contributed by atoms with Gasteiger partial charge in [0.15, 0.2) is 0 Å².